The van der Waals surface area contributed by atoms with Gasteiger partial charge in [0.25, 0.3) is 0 Å². The Labute approximate surface area is 74.9 Å². The van der Waals surface area contributed by atoms with Crippen molar-refractivity contribution in [1.82, 2.24) is 0 Å². The van der Waals surface area contributed by atoms with Crippen LogP contribution in [0.4, 0.5) is 0 Å². The molecule has 0 aliphatic heterocycles. The fraction of sp³-hybridized carbons (Fsp3) is 0.800. The maximum atomic E-state index is 9.00. The zero-order valence-electron chi connectivity index (χ0n) is 8.08. The third-order valence-corrected chi connectivity index (χ3v) is 1.75. The number of hydrogen-bond donors (Lipinski definition) is 2. The van der Waals surface area contributed by atoms with Crippen LogP contribution in [0.2, 0.25) is 0 Å². The minimum absolute atomic E-state index is 0.108. The number of aliphatic hydroxyl groups is 2. The van der Waals surface area contributed by atoms with Gasteiger partial charge in [-0.2, -0.15) is 0 Å². The van der Waals surface area contributed by atoms with E-state index in [1.165, 1.54) is 5.57 Å². The van der Waals surface area contributed by atoms with E-state index in [-0.39, 0.29) is 6.61 Å². The molecule has 0 aliphatic rings. The van der Waals surface area contributed by atoms with Gasteiger partial charge in [0.05, 0.1) is 12.7 Å². The van der Waals surface area contributed by atoms with E-state index in [0.29, 0.717) is 6.42 Å². The second-order valence-electron chi connectivity index (χ2n) is 3.40. The Kier molecular flexibility index (Phi) is 7.11. The quantitative estimate of drug-likeness (QED) is 0.474. The third-order valence-electron chi connectivity index (χ3n) is 1.75. The summed E-state index contributed by atoms with van der Waals surface area (Å²) in [5, 5.41) is 17.5. The van der Waals surface area contributed by atoms with Crippen molar-refractivity contribution in [3.63, 3.8) is 0 Å². The maximum Gasteiger partial charge on any atom is 0.0770 e. The van der Waals surface area contributed by atoms with Gasteiger partial charge in [0.1, 0.15) is 0 Å². The zero-order chi connectivity index (χ0) is 9.40. The van der Waals surface area contributed by atoms with Crippen molar-refractivity contribution >= 4 is 0 Å². The normalized spacial score (nSPS) is 12.7. The number of aliphatic hydroxyl groups excluding tert-OH is 2. The molecule has 0 radical (unpaired) electrons. The van der Waals surface area contributed by atoms with Crippen LogP contribution in [0, 0.1) is 0 Å². The second kappa shape index (κ2) is 7.32. The Bertz CT molecular complexity index is 126. The fourth-order valence-electron chi connectivity index (χ4n) is 1.01. The van der Waals surface area contributed by atoms with Crippen LogP contribution in [-0.4, -0.2) is 22.9 Å². The monoisotopic (exact) mass is 172 g/mol. The molecule has 0 aliphatic carbocycles. The van der Waals surface area contributed by atoms with E-state index in [4.69, 9.17) is 10.2 Å². The summed E-state index contributed by atoms with van der Waals surface area (Å²) in [4.78, 5) is 0. The van der Waals surface area contributed by atoms with Gasteiger partial charge in [0, 0.05) is 0 Å². The predicted octanol–water partition coefficient (Wildman–Crippen LogP) is 1.87. The Morgan fingerprint density at radius 1 is 1.33 bits per heavy atom. The minimum atomic E-state index is -0.517. The van der Waals surface area contributed by atoms with Crippen molar-refractivity contribution in [2.45, 2.75) is 45.6 Å². The van der Waals surface area contributed by atoms with Crippen LogP contribution in [0.5, 0.6) is 0 Å². The molecule has 0 spiro atoms. The summed E-state index contributed by atoms with van der Waals surface area (Å²) >= 11 is 0. The van der Waals surface area contributed by atoms with Crippen molar-refractivity contribution in [3.8, 4) is 0 Å². The van der Waals surface area contributed by atoms with Gasteiger partial charge in [-0.3, -0.25) is 0 Å². The van der Waals surface area contributed by atoms with Crippen molar-refractivity contribution in [3.05, 3.63) is 11.6 Å². The van der Waals surface area contributed by atoms with Crippen molar-refractivity contribution in [2.24, 2.45) is 0 Å². The summed E-state index contributed by atoms with van der Waals surface area (Å²) in [6.07, 6.45) is 5.57. The third kappa shape index (κ3) is 7.76. The van der Waals surface area contributed by atoms with Crippen molar-refractivity contribution < 1.29 is 10.2 Å². The zero-order valence-corrected chi connectivity index (χ0v) is 8.08. The highest BCUT2D eigenvalue weighted by Crippen LogP contribution is 2.05. The topological polar surface area (TPSA) is 40.5 Å². The largest absolute Gasteiger partial charge is 0.394 e. The van der Waals surface area contributed by atoms with E-state index >= 15 is 0 Å². The first kappa shape index (κ1) is 11.7. The summed E-state index contributed by atoms with van der Waals surface area (Å²) in [5.74, 6) is 0. The first-order valence-corrected chi connectivity index (χ1v) is 4.59. The Morgan fingerprint density at radius 3 is 2.50 bits per heavy atom. The number of unbranched alkanes of at least 4 members (excludes halogenated alkanes) is 2. The molecule has 0 saturated carbocycles. The lowest BCUT2D eigenvalue weighted by atomic mass is 10.1. The number of allylic oxidation sites excluding steroid dienone is 2. The Morgan fingerprint density at radius 2 is 2.00 bits per heavy atom. The van der Waals surface area contributed by atoms with Gasteiger partial charge in [0.2, 0.25) is 0 Å². The van der Waals surface area contributed by atoms with E-state index in [2.05, 4.69) is 19.9 Å². The van der Waals surface area contributed by atoms with E-state index in [9.17, 15) is 0 Å². The lowest BCUT2D eigenvalue weighted by Gasteiger charge is -2.04. The van der Waals surface area contributed by atoms with Gasteiger partial charge in [-0.1, -0.05) is 18.1 Å². The van der Waals surface area contributed by atoms with Gasteiger partial charge in [-0.15, -0.1) is 0 Å². The van der Waals surface area contributed by atoms with E-state index in [1.807, 2.05) is 0 Å². The Hall–Kier alpha value is -0.340. The Balaban J connectivity index is 3.16. The van der Waals surface area contributed by atoms with Crippen LogP contribution in [0.15, 0.2) is 11.6 Å². The van der Waals surface area contributed by atoms with Gasteiger partial charge < -0.3 is 10.2 Å². The average Bonchev–Trinajstić information content (AvgIpc) is 2.03. The van der Waals surface area contributed by atoms with Gasteiger partial charge >= 0.3 is 0 Å². The SMILES string of the molecule is CC(C)=CCCCCC(O)CO. The van der Waals surface area contributed by atoms with Crippen LogP contribution < -0.4 is 0 Å². The smallest absolute Gasteiger partial charge is 0.0770 e. The first-order chi connectivity index (χ1) is 5.66. The summed E-state index contributed by atoms with van der Waals surface area (Å²) in [6, 6.07) is 0. The highest BCUT2D eigenvalue weighted by molar-refractivity contribution is 4.92. The van der Waals surface area contributed by atoms with E-state index < -0.39 is 6.10 Å². The standard InChI is InChI=1S/C10H20O2/c1-9(2)6-4-3-5-7-10(12)8-11/h6,10-12H,3-5,7-8H2,1-2H3. The number of rotatable bonds is 6. The second-order valence-corrected chi connectivity index (χ2v) is 3.40. The molecule has 0 aromatic heterocycles. The molecule has 0 amide bonds. The van der Waals surface area contributed by atoms with Crippen LogP contribution in [0.25, 0.3) is 0 Å². The number of hydrogen-bond acceptors (Lipinski definition) is 2. The van der Waals surface area contributed by atoms with Crippen LogP contribution in [0.3, 0.4) is 0 Å². The maximum absolute atomic E-state index is 9.00. The molecular formula is C10H20O2. The molecule has 1 unspecified atom stereocenters. The average molecular weight is 172 g/mol. The highest BCUT2D eigenvalue weighted by Gasteiger charge is 1.99. The molecule has 0 rings (SSSR count). The molecule has 0 saturated heterocycles. The van der Waals surface area contributed by atoms with Crippen molar-refractivity contribution in [1.29, 1.82) is 0 Å². The molecule has 0 aromatic carbocycles. The van der Waals surface area contributed by atoms with E-state index in [0.717, 1.165) is 19.3 Å². The molecule has 2 N–H and O–H groups in total. The van der Waals surface area contributed by atoms with Crippen LogP contribution >= 0.6 is 0 Å². The summed E-state index contributed by atoms with van der Waals surface area (Å²) < 4.78 is 0. The van der Waals surface area contributed by atoms with Gasteiger partial charge in [-0.25, -0.2) is 0 Å². The first-order valence-electron chi connectivity index (χ1n) is 4.59. The summed E-state index contributed by atoms with van der Waals surface area (Å²) in [6.45, 7) is 4.06. The molecule has 0 fully saturated rings. The molecule has 1 atom stereocenters. The molecule has 12 heavy (non-hydrogen) atoms. The molecule has 72 valence electrons. The highest BCUT2D eigenvalue weighted by atomic mass is 16.3. The summed E-state index contributed by atoms with van der Waals surface area (Å²) in [5.41, 5.74) is 1.35. The molecule has 2 heteroatoms. The molecular weight excluding hydrogens is 152 g/mol. The van der Waals surface area contributed by atoms with Gasteiger partial charge in [-0.05, 0) is 33.1 Å². The molecule has 2 nitrogen and oxygen atoms in total. The minimum Gasteiger partial charge on any atom is -0.394 e. The molecule has 0 aromatic rings. The van der Waals surface area contributed by atoms with E-state index in [1.54, 1.807) is 0 Å². The van der Waals surface area contributed by atoms with Gasteiger partial charge in [0.15, 0.2) is 0 Å². The van der Waals surface area contributed by atoms with Crippen LogP contribution in [-0.2, 0) is 0 Å². The van der Waals surface area contributed by atoms with Crippen LogP contribution in [0.1, 0.15) is 39.5 Å². The molecule has 0 heterocycles. The lowest BCUT2D eigenvalue weighted by molar-refractivity contribution is 0.0862. The molecule has 0 bridgehead atoms. The summed E-state index contributed by atoms with van der Waals surface area (Å²) in [7, 11) is 0. The lowest BCUT2D eigenvalue weighted by Crippen LogP contribution is -2.10. The fourth-order valence-corrected chi connectivity index (χ4v) is 1.01. The van der Waals surface area contributed by atoms with Crippen molar-refractivity contribution in [2.75, 3.05) is 6.61 Å². The predicted molar refractivity (Wildman–Crippen MR) is 51.0 cm³/mol.